The number of halogens is 3. The smallest absolute Gasteiger partial charge is 0.255 e. The Bertz CT molecular complexity index is 915. The molecular weight excluding hydrogens is 457 g/mol. The third-order valence-corrected chi connectivity index (χ3v) is 5.20. The van der Waals surface area contributed by atoms with Crippen molar-refractivity contribution in [2.75, 3.05) is 5.32 Å². The van der Waals surface area contributed by atoms with Gasteiger partial charge in [0.25, 0.3) is 5.91 Å². The molecule has 3 N–H and O–H groups in total. The minimum absolute atomic E-state index is 0.247. The lowest BCUT2D eigenvalue weighted by Gasteiger charge is -2.31. The largest absolute Gasteiger partial charge is 0.351 e. The molecule has 0 fully saturated rings. The van der Waals surface area contributed by atoms with Crippen LogP contribution in [0.1, 0.15) is 18.5 Å². The molecule has 1 heterocycles. The van der Waals surface area contributed by atoms with Gasteiger partial charge < -0.3 is 16.0 Å². The van der Waals surface area contributed by atoms with Gasteiger partial charge in [-0.25, -0.2) is 0 Å². The number of rotatable bonds is 3. The zero-order valence-corrected chi connectivity index (χ0v) is 17.5. The molecule has 1 amide bonds. The van der Waals surface area contributed by atoms with Crippen LogP contribution in [0.25, 0.3) is 0 Å². The van der Waals surface area contributed by atoms with Gasteiger partial charge in [0, 0.05) is 25.9 Å². The number of carbonyl (C=O) groups is 1. The van der Waals surface area contributed by atoms with Crippen LogP contribution in [0, 0.1) is 0 Å². The molecule has 0 bridgehead atoms. The highest BCUT2D eigenvalue weighted by atomic mass is 79.9. The molecule has 26 heavy (non-hydrogen) atoms. The summed E-state index contributed by atoms with van der Waals surface area (Å²) in [6.07, 6.45) is 0. The van der Waals surface area contributed by atoms with E-state index in [1.807, 2.05) is 24.3 Å². The zero-order chi connectivity index (χ0) is 18.8. The van der Waals surface area contributed by atoms with Gasteiger partial charge in [-0.3, -0.25) is 4.79 Å². The number of benzene rings is 2. The highest BCUT2D eigenvalue weighted by Crippen LogP contribution is 2.33. The van der Waals surface area contributed by atoms with Crippen molar-refractivity contribution in [2.24, 2.45) is 0 Å². The third kappa shape index (κ3) is 4.20. The molecule has 2 aromatic carbocycles. The van der Waals surface area contributed by atoms with Crippen LogP contribution in [-0.4, -0.2) is 11.0 Å². The highest BCUT2D eigenvalue weighted by Gasteiger charge is 2.31. The molecule has 3 rings (SSSR count). The Balaban J connectivity index is 1.97. The molecule has 0 radical (unpaired) electrons. The molecule has 1 aliphatic heterocycles. The highest BCUT2D eigenvalue weighted by molar-refractivity contribution is 9.10. The molecule has 0 spiro atoms. The molecule has 0 saturated carbocycles. The Morgan fingerprint density at radius 3 is 2.54 bits per heavy atom. The lowest BCUT2D eigenvalue weighted by Crippen LogP contribution is -2.45. The standard InChI is InChI=1S/C18H14BrCl2N3OS/c1-9-15(17(25)23-12-5-2-10(19)3-6-12)16(24-18(26)22-9)13-7-4-11(20)8-14(13)21/h2-8,16H,1H3,(H,23,25)(H2,22,24,26)/t16-/m0/s1. The Morgan fingerprint density at radius 1 is 1.19 bits per heavy atom. The Kier molecular flexibility index (Phi) is 5.87. The predicted octanol–water partition coefficient (Wildman–Crippen LogP) is 5.19. The number of allylic oxidation sites excluding steroid dienone is 1. The summed E-state index contributed by atoms with van der Waals surface area (Å²) in [7, 11) is 0. The minimum atomic E-state index is -0.482. The molecule has 1 atom stereocenters. The predicted molar refractivity (Wildman–Crippen MR) is 114 cm³/mol. The number of anilines is 1. The van der Waals surface area contributed by atoms with E-state index in [1.165, 1.54) is 0 Å². The molecular formula is C18H14BrCl2N3OS. The number of hydrogen-bond donors (Lipinski definition) is 3. The summed E-state index contributed by atoms with van der Waals surface area (Å²) < 4.78 is 0.933. The van der Waals surface area contributed by atoms with Crippen LogP contribution in [0.4, 0.5) is 5.69 Å². The molecule has 0 saturated heterocycles. The first-order chi connectivity index (χ1) is 12.3. The molecule has 0 unspecified atom stereocenters. The Hall–Kier alpha value is -1.60. The number of thiocarbonyl (C=S) groups is 1. The van der Waals surface area contributed by atoms with Gasteiger partial charge in [-0.15, -0.1) is 0 Å². The first kappa shape index (κ1) is 19.2. The third-order valence-electron chi connectivity index (χ3n) is 3.89. The SMILES string of the molecule is CC1=C(C(=O)Nc2ccc(Br)cc2)[C@H](c2ccc(Cl)cc2Cl)NC(=S)N1. The van der Waals surface area contributed by atoms with Crippen LogP contribution in [0.5, 0.6) is 0 Å². The molecule has 1 aliphatic rings. The van der Waals surface area contributed by atoms with Crippen molar-refractivity contribution < 1.29 is 4.79 Å². The molecule has 0 aromatic heterocycles. The maximum atomic E-state index is 13.0. The van der Waals surface area contributed by atoms with Gasteiger partial charge in [-0.05, 0) is 61.1 Å². The van der Waals surface area contributed by atoms with Crippen molar-refractivity contribution in [3.05, 3.63) is 73.8 Å². The number of hydrogen-bond acceptors (Lipinski definition) is 2. The molecule has 4 nitrogen and oxygen atoms in total. The first-order valence-corrected chi connectivity index (χ1v) is 9.61. The molecule has 0 aliphatic carbocycles. The van der Waals surface area contributed by atoms with Crippen molar-refractivity contribution in [1.82, 2.24) is 10.6 Å². The van der Waals surface area contributed by atoms with Crippen molar-refractivity contribution in [3.63, 3.8) is 0 Å². The zero-order valence-electron chi connectivity index (χ0n) is 13.6. The average molecular weight is 471 g/mol. The van der Waals surface area contributed by atoms with Crippen LogP contribution in [0.2, 0.25) is 10.0 Å². The topological polar surface area (TPSA) is 53.2 Å². The van der Waals surface area contributed by atoms with Gasteiger partial charge >= 0.3 is 0 Å². The van der Waals surface area contributed by atoms with Crippen molar-refractivity contribution in [1.29, 1.82) is 0 Å². The van der Waals surface area contributed by atoms with E-state index in [-0.39, 0.29) is 5.91 Å². The minimum Gasteiger partial charge on any atom is -0.351 e. The first-order valence-electron chi connectivity index (χ1n) is 7.65. The number of amides is 1. The second kappa shape index (κ2) is 7.96. The van der Waals surface area contributed by atoms with Crippen LogP contribution in [0.3, 0.4) is 0 Å². The summed E-state index contributed by atoms with van der Waals surface area (Å²) in [5, 5.41) is 10.4. The monoisotopic (exact) mass is 469 g/mol. The molecule has 134 valence electrons. The van der Waals surface area contributed by atoms with Crippen LogP contribution < -0.4 is 16.0 Å². The van der Waals surface area contributed by atoms with E-state index in [0.717, 1.165) is 10.0 Å². The van der Waals surface area contributed by atoms with E-state index >= 15 is 0 Å². The van der Waals surface area contributed by atoms with Crippen molar-refractivity contribution >= 4 is 68.1 Å². The number of nitrogens with one attached hydrogen (secondary N) is 3. The van der Waals surface area contributed by atoms with Gasteiger partial charge in [0.1, 0.15) is 0 Å². The van der Waals surface area contributed by atoms with E-state index in [0.29, 0.717) is 32.1 Å². The van der Waals surface area contributed by atoms with E-state index < -0.39 is 6.04 Å². The van der Waals surface area contributed by atoms with E-state index in [1.54, 1.807) is 25.1 Å². The van der Waals surface area contributed by atoms with E-state index in [2.05, 4.69) is 31.9 Å². The summed E-state index contributed by atoms with van der Waals surface area (Å²) in [5.74, 6) is -0.247. The maximum Gasteiger partial charge on any atom is 0.255 e. The van der Waals surface area contributed by atoms with E-state index in [9.17, 15) is 4.79 Å². The average Bonchev–Trinajstić information content (AvgIpc) is 2.56. The van der Waals surface area contributed by atoms with Crippen LogP contribution >= 0.6 is 51.3 Å². The van der Waals surface area contributed by atoms with Gasteiger partial charge in [0.15, 0.2) is 5.11 Å². The second-order valence-corrected chi connectivity index (χ2v) is 7.86. The fraction of sp³-hybridized carbons (Fsp3) is 0.111. The van der Waals surface area contributed by atoms with Crippen molar-refractivity contribution in [2.45, 2.75) is 13.0 Å². The summed E-state index contributed by atoms with van der Waals surface area (Å²) in [5.41, 5.74) is 2.58. The summed E-state index contributed by atoms with van der Waals surface area (Å²) in [6.45, 7) is 1.81. The Labute approximate surface area is 175 Å². The van der Waals surface area contributed by atoms with Crippen LogP contribution in [-0.2, 0) is 4.79 Å². The molecule has 2 aromatic rings. The quantitative estimate of drug-likeness (QED) is 0.540. The lowest BCUT2D eigenvalue weighted by atomic mass is 9.95. The summed E-state index contributed by atoms with van der Waals surface area (Å²) in [4.78, 5) is 13.0. The summed E-state index contributed by atoms with van der Waals surface area (Å²) >= 11 is 21.0. The normalized spacial score (nSPS) is 16.8. The second-order valence-electron chi connectivity index (χ2n) is 5.70. The van der Waals surface area contributed by atoms with Crippen molar-refractivity contribution in [3.8, 4) is 0 Å². The Morgan fingerprint density at radius 2 is 1.88 bits per heavy atom. The van der Waals surface area contributed by atoms with Gasteiger partial charge in [0.05, 0.1) is 11.6 Å². The van der Waals surface area contributed by atoms with Gasteiger partial charge in [0.2, 0.25) is 0 Å². The van der Waals surface area contributed by atoms with Gasteiger partial charge in [-0.1, -0.05) is 45.2 Å². The van der Waals surface area contributed by atoms with E-state index in [4.69, 9.17) is 35.4 Å². The number of carbonyl (C=O) groups excluding carboxylic acids is 1. The fourth-order valence-corrected chi connectivity index (χ4v) is 3.75. The lowest BCUT2D eigenvalue weighted by molar-refractivity contribution is -0.113. The van der Waals surface area contributed by atoms with Crippen LogP contribution in [0.15, 0.2) is 58.2 Å². The maximum absolute atomic E-state index is 13.0. The molecule has 8 heteroatoms. The fourth-order valence-electron chi connectivity index (χ4n) is 2.70. The summed E-state index contributed by atoms with van der Waals surface area (Å²) in [6, 6.07) is 12.0. The van der Waals surface area contributed by atoms with Gasteiger partial charge in [-0.2, -0.15) is 0 Å².